The number of esters is 1. The molecule has 1 atom stereocenters. The van der Waals surface area contributed by atoms with Crippen LogP contribution in [0.15, 0.2) is 53.8 Å². The Kier molecular flexibility index (Phi) is 6.81. The highest BCUT2D eigenvalue weighted by Gasteiger charge is 2.52. The molecule has 36 heavy (non-hydrogen) atoms. The second-order valence-corrected chi connectivity index (χ2v) is 9.70. The molecule has 7 heteroatoms. The number of carbonyl (C=O) groups is 2. The van der Waals surface area contributed by atoms with Crippen LogP contribution in [0.5, 0.6) is 11.6 Å². The number of hydrogen-bond acceptors (Lipinski definition) is 7. The van der Waals surface area contributed by atoms with Gasteiger partial charge in [0.05, 0.1) is 17.4 Å². The zero-order valence-corrected chi connectivity index (χ0v) is 20.8. The van der Waals surface area contributed by atoms with Gasteiger partial charge in [0, 0.05) is 36.6 Å². The Morgan fingerprint density at radius 3 is 2.64 bits per heavy atom. The predicted molar refractivity (Wildman–Crippen MR) is 137 cm³/mol. The maximum atomic E-state index is 12.8. The molecule has 2 aliphatic rings. The van der Waals surface area contributed by atoms with Gasteiger partial charge < -0.3 is 9.47 Å². The van der Waals surface area contributed by atoms with E-state index in [1.807, 2.05) is 43.3 Å². The first kappa shape index (κ1) is 24.1. The minimum atomic E-state index is -0.660. The molecule has 0 N–H and O–H groups in total. The van der Waals surface area contributed by atoms with Crippen molar-refractivity contribution in [2.24, 2.45) is 10.4 Å². The molecule has 0 radical (unpaired) electrons. The van der Waals surface area contributed by atoms with Crippen molar-refractivity contribution in [2.45, 2.75) is 64.8 Å². The first-order valence-electron chi connectivity index (χ1n) is 12.7. The van der Waals surface area contributed by atoms with Gasteiger partial charge in [-0.1, -0.05) is 31.4 Å². The standard InChI is InChI=1S/C29H31N3O4/c1-3-35-28(34)24(32-25-17-26(33)29(25)12-5-4-6-13-29)16-20-7-9-22(10-8-20)36-27-23-18-30-14-11-21(23)15-19(2)31-27/h7-11,14-15,18,24H,3-6,12-13,16-17H2,1-2H3/t24-/m0/s1. The van der Waals surface area contributed by atoms with Crippen molar-refractivity contribution in [1.82, 2.24) is 9.97 Å². The van der Waals surface area contributed by atoms with Gasteiger partial charge >= 0.3 is 5.97 Å². The van der Waals surface area contributed by atoms with E-state index in [9.17, 15) is 9.59 Å². The number of hydrogen-bond donors (Lipinski definition) is 0. The van der Waals surface area contributed by atoms with Crippen molar-refractivity contribution in [3.05, 3.63) is 60.0 Å². The lowest BCUT2D eigenvalue weighted by molar-refractivity contribution is -0.144. The normalized spacial score (nSPS) is 18.7. The van der Waals surface area contributed by atoms with E-state index >= 15 is 0 Å². The summed E-state index contributed by atoms with van der Waals surface area (Å²) in [5.74, 6) is 1.08. The van der Waals surface area contributed by atoms with Gasteiger partial charge in [-0.15, -0.1) is 0 Å². The van der Waals surface area contributed by atoms with E-state index in [1.54, 1.807) is 19.3 Å². The Bertz CT molecular complexity index is 1310. The first-order chi connectivity index (χ1) is 17.5. The summed E-state index contributed by atoms with van der Waals surface area (Å²) in [4.78, 5) is 38.9. The molecule has 2 fully saturated rings. The Labute approximate surface area is 211 Å². The Morgan fingerprint density at radius 2 is 1.92 bits per heavy atom. The van der Waals surface area contributed by atoms with Crippen molar-refractivity contribution < 1.29 is 19.1 Å². The average molecular weight is 486 g/mol. The molecule has 2 aromatic heterocycles. The number of fused-ring (bicyclic) bond motifs is 1. The zero-order chi connectivity index (χ0) is 25.1. The van der Waals surface area contributed by atoms with Crippen molar-refractivity contribution >= 4 is 28.2 Å². The number of Topliss-reactive ketones (excluding diaryl/α,β-unsaturated/α-hetero) is 1. The highest BCUT2D eigenvalue weighted by molar-refractivity contribution is 6.27. The van der Waals surface area contributed by atoms with Crippen molar-refractivity contribution in [2.75, 3.05) is 6.61 Å². The third-order valence-electron chi connectivity index (χ3n) is 7.29. The van der Waals surface area contributed by atoms with Gasteiger partial charge in [-0.3, -0.25) is 14.8 Å². The maximum absolute atomic E-state index is 12.8. The molecule has 3 aromatic rings. The number of aromatic nitrogens is 2. The SMILES string of the molecule is CCOC(=O)[C@H](Cc1ccc(Oc2nc(C)cc3ccncc23)cc1)N=C1CC(=O)C12CCCCC2. The van der Waals surface area contributed by atoms with Gasteiger partial charge in [0.25, 0.3) is 0 Å². The molecule has 2 heterocycles. The number of ketones is 1. The number of pyridine rings is 2. The van der Waals surface area contributed by atoms with Crippen LogP contribution in [0.25, 0.3) is 10.8 Å². The van der Waals surface area contributed by atoms with Crippen molar-refractivity contribution in [3.8, 4) is 11.6 Å². The second kappa shape index (κ2) is 10.2. The molecule has 0 amide bonds. The minimum Gasteiger partial charge on any atom is -0.464 e. The van der Waals surface area contributed by atoms with Crippen LogP contribution in [-0.4, -0.2) is 40.1 Å². The Balaban J connectivity index is 1.35. The van der Waals surface area contributed by atoms with E-state index in [0.717, 1.165) is 59.8 Å². The molecule has 0 unspecified atom stereocenters. The topological polar surface area (TPSA) is 90.7 Å². The average Bonchev–Trinajstić information content (AvgIpc) is 2.89. The maximum Gasteiger partial charge on any atom is 0.331 e. The van der Waals surface area contributed by atoms with E-state index < -0.39 is 11.5 Å². The largest absolute Gasteiger partial charge is 0.464 e. The van der Waals surface area contributed by atoms with Gasteiger partial charge in [0.1, 0.15) is 11.5 Å². The van der Waals surface area contributed by atoms with Crippen molar-refractivity contribution in [3.63, 3.8) is 0 Å². The monoisotopic (exact) mass is 485 g/mol. The molecule has 0 aliphatic heterocycles. The molecule has 5 rings (SSSR count). The van der Waals surface area contributed by atoms with Gasteiger partial charge in [-0.25, -0.2) is 9.78 Å². The van der Waals surface area contributed by atoms with E-state index in [0.29, 0.717) is 31.1 Å². The van der Waals surface area contributed by atoms with Crippen LogP contribution in [0.4, 0.5) is 0 Å². The fourth-order valence-corrected chi connectivity index (χ4v) is 5.34. The van der Waals surface area contributed by atoms with Crippen molar-refractivity contribution in [1.29, 1.82) is 0 Å². The molecule has 2 aliphatic carbocycles. The minimum absolute atomic E-state index is 0.276. The second-order valence-electron chi connectivity index (χ2n) is 9.70. The fourth-order valence-electron chi connectivity index (χ4n) is 5.34. The highest BCUT2D eigenvalue weighted by atomic mass is 16.5. The number of rotatable bonds is 7. The lowest BCUT2D eigenvalue weighted by Gasteiger charge is -2.44. The molecule has 1 aromatic carbocycles. The van der Waals surface area contributed by atoms with Crippen LogP contribution in [0.2, 0.25) is 0 Å². The van der Waals surface area contributed by atoms with Gasteiger partial charge in [-0.2, -0.15) is 0 Å². The first-order valence-corrected chi connectivity index (χ1v) is 12.7. The molecular formula is C29H31N3O4. The van der Waals surface area contributed by atoms with Gasteiger partial charge in [0.15, 0.2) is 6.04 Å². The predicted octanol–water partition coefficient (Wildman–Crippen LogP) is 5.57. The van der Waals surface area contributed by atoms with Crippen LogP contribution in [-0.2, 0) is 20.7 Å². The summed E-state index contributed by atoms with van der Waals surface area (Å²) in [6.45, 7) is 4.02. The number of nitrogens with zero attached hydrogens (tertiary/aromatic N) is 3. The summed E-state index contributed by atoms with van der Waals surface area (Å²) in [7, 11) is 0. The number of benzene rings is 1. The van der Waals surface area contributed by atoms with E-state index in [4.69, 9.17) is 14.5 Å². The number of ether oxygens (including phenoxy) is 2. The summed E-state index contributed by atoms with van der Waals surface area (Å²) in [5, 5.41) is 1.86. The molecule has 186 valence electrons. The van der Waals surface area contributed by atoms with Gasteiger partial charge in [0.2, 0.25) is 5.88 Å². The summed E-state index contributed by atoms with van der Waals surface area (Å²) < 4.78 is 11.4. The van der Waals surface area contributed by atoms with E-state index in [1.165, 1.54) is 0 Å². The Hall–Kier alpha value is -3.61. The molecule has 1 spiro atoms. The molecule has 0 saturated heterocycles. The number of aliphatic imine (C=N–C) groups is 1. The van der Waals surface area contributed by atoms with E-state index in [-0.39, 0.29) is 11.8 Å². The van der Waals surface area contributed by atoms with Crippen LogP contribution in [0, 0.1) is 12.3 Å². The highest BCUT2D eigenvalue weighted by Crippen LogP contribution is 2.47. The van der Waals surface area contributed by atoms with E-state index in [2.05, 4.69) is 9.97 Å². The van der Waals surface area contributed by atoms with Crippen LogP contribution < -0.4 is 4.74 Å². The van der Waals surface area contributed by atoms with Crippen LogP contribution in [0.3, 0.4) is 0 Å². The van der Waals surface area contributed by atoms with Crippen LogP contribution >= 0.6 is 0 Å². The third kappa shape index (κ3) is 4.74. The third-order valence-corrected chi connectivity index (χ3v) is 7.29. The summed E-state index contributed by atoms with van der Waals surface area (Å²) in [6, 6.07) is 10.9. The smallest absolute Gasteiger partial charge is 0.331 e. The van der Waals surface area contributed by atoms with Crippen LogP contribution in [0.1, 0.15) is 56.7 Å². The Morgan fingerprint density at radius 1 is 1.14 bits per heavy atom. The summed E-state index contributed by atoms with van der Waals surface area (Å²) >= 11 is 0. The fraction of sp³-hybridized carbons (Fsp3) is 0.414. The lowest BCUT2D eigenvalue weighted by Crippen LogP contribution is -2.52. The molecular weight excluding hydrogens is 454 g/mol. The summed E-state index contributed by atoms with van der Waals surface area (Å²) in [5.41, 5.74) is 2.26. The summed E-state index contributed by atoms with van der Waals surface area (Å²) in [6.07, 6.45) is 9.19. The molecule has 7 nitrogen and oxygen atoms in total. The lowest BCUT2D eigenvalue weighted by atomic mass is 9.58. The molecule has 2 saturated carbocycles. The number of aryl methyl sites for hydroxylation is 1. The zero-order valence-electron chi connectivity index (χ0n) is 20.8. The van der Waals surface area contributed by atoms with Gasteiger partial charge in [-0.05, 0) is 61.9 Å². The quantitative estimate of drug-likeness (QED) is 0.407. The molecule has 0 bridgehead atoms. The number of carbonyl (C=O) groups excluding carboxylic acids is 2.